The predicted octanol–water partition coefficient (Wildman–Crippen LogP) is 3.46. The van der Waals surface area contributed by atoms with Gasteiger partial charge in [0.2, 0.25) is 0 Å². The molecule has 3 rings (SSSR count). The van der Waals surface area contributed by atoms with E-state index < -0.39 is 0 Å². The molecule has 0 radical (unpaired) electrons. The highest BCUT2D eigenvalue weighted by Gasteiger charge is 2.05. The van der Waals surface area contributed by atoms with Gasteiger partial charge in [0.05, 0.1) is 10.7 Å². The standard InChI is InChI=1S/C18H19ClN6O/c1-13-4-5-15(14(19)10-13)24-18(26)21-7-6-20-16-11-17(23-12-22-16)25-8-2-3-9-25/h2-5,8-12H,6-7H2,1H3,(H,20,22,23)(H2,21,24,26). The highest BCUT2D eigenvalue weighted by molar-refractivity contribution is 6.33. The van der Waals surface area contributed by atoms with E-state index in [1.165, 1.54) is 6.33 Å². The van der Waals surface area contributed by atoms with Gasteiger partial charge < -0.3 is 20.5 Å². The molecule has 2 heterocycles. The van der Waals surface area contributed by atoms with E-state index in [4.69, 9.17) is 11.6 Å². The Morgan fingerprint density at radius 1 is 1.15 bits per heavy atom. The number of nitrogens with one attached hydrogen (secondary N) is 3. The Labute approximate surface area is 156 Å². The number of urea groups is 1. The number of benzene rings is 1. The van der Waals surface area contributed by atoms with Gasteiger partial charge >= 0.3 is 6.03 Å². The Kier molecular flexibility index (Phi) is 5.70. The van der Waals surface area contributed by atoms with Crippen molar-refractivity contribution in [2.45, 2.75) is 6.92 Å². The summed E-state index contributed by atoms with van der Waals surface area (Å²) in [7, 11) is 0. The van der Waals surface area contributed by atoms with E-state index in [-0.39, 0.29) is 6.03 Å². The fourth-order valence-electron chi connectivity index (χ4n) is 2.33. The second-order valence-electron chi connectivity index (χ2n) is 5.64. The number of hydrogen-bond donors (Lipinski definition) is 3. The fraction of sp³-hybridized carbons (Fsp3) is 0.167. The van der Waals surface area contributed by atoms with E-state index in [0.717, 1.165) is 11.4 Å². The third kappa shape index (κ3) is 4.73. The molecular formula is C18H19ClN6O. The van der Waals surface area contributed by atoms with Gasteiger partial charge in [-0.15, -0.1) is 0 Å². The molecule has 3 aromatic rings. The zero-order valence-corrected chi connectivity index (χ0v) is 15.0. The molecule has 8 heteroatoms. The molecule has 134 valence electrons. The summed E-state index contributed by atoms with van der Waals surface area (Å²) < 4.78 is 1.89. The second kappa shape index (κ2) is 8.35. The number of rotatable bonds is 6. The third-order valence-electron chi connectivity index (χ3n) is 3.61. The van der Waals surface area contributed by atoms with E-state index in [2.05, 4.69) is 25.9 Å². The smallest absolute Gasteiger partial charge is 0.319 e. The van der Waals surface area contributed by atoms with Crippen molar-refractivity contribution in [3.63, 3.8) is 0 Å². The van der Waals surface area contributed by atoms with Gasteiger partial charge in [0.15, 0.2) is 0 Å². The predicted molar refractivity (Wildman–Crippen MR) is 103 cm³/mol. The summed E-state index contributed by atoms with van der Waals surface area (Å²) in [6.45, 7) is 2.89. The number of halogens is 1. The zero-order valence-electron chi connectivity index (χ0n) is 14.2. The van der Waals surface area contributed by atoms with Crippen molar-refractivity contribution in [2.75, 3.05) is 23.7 Å². The number of anilines is 2. The topological polar surface area (TPSA) is 83.9 Å². The van der Waals surface area contributed by atoms with Gasteiger partial charge in [0.1, 0.15) is 18.0 Å². The maximum Gasteiger partial charge on any atom is 0.319 e. The van der Waals surface area contributed by atoms with Crippen LogP contribution in [0.2, 0.25) is 5.02 Å². The summed E-state index contributed by atoms with van der Waals surface area (Å²) in [5, 5.41) is 9.15. The minimum absolute atomic E-state index is 0.312. The summed E-state index contributed by atoms with van der Waals surface area (Å²) in [6, 6.07) is 10.9. The lowest BCUT2D eigenvalue weighted by Gasteiger charge is -2.11. The molecule has 0 spiro atoms. The summed E-state index contributed by atoms with van der Waals surface area (Å²) in [5.74, 6) is 1.46. The number of nitrogens with zero attached hydrogens (tertiary/aromatic N) is 3. The molecule has 2 amide bonds. The average molecular weight is 371 g/mol. The van der Waals surface area contributed by atoms with Crippen molar-refractivity contribution >= 4 is 29.1 Å². The molecule has 0 fully saturated rings. The van der Waals surface area contributed by atoms with Crippen molar-refractivity contribution in [3.05, 3.63) is 65.7 Å². The van der Waals surface area contributed by atoms with Crippen LogP contribution in [0.1, 0.15) is 5.56 Å². The molecule has 0 saturated carbocycles. The first-order valence-corrected chi connectivity index (χ1v) is 8.50. The van der Waals surface area contributed by atoms with E-state index in [9.17, 15) is 4.79 Å². The van der Waals surface area contributed by atoms with Gasteiger partial charge in [0.25, 0.3) is 0 Å². The molecule has 26 heavy (non-hydrogen) atoms. The highest BCUT2D eigenvalue weighted by Crippen LogP contribution is 2.22. The summed E-state index contributed by atoms with van der Waals surface area (Å²) >= 11 is 6.10. The minimum Gasteiger partial charge on any atom is -0.368 e. The Morgan fingerprint density at radius 2 is 1.96 bits per heavy atom. The first-order chi connectivity index (χ1) is 12.6. The first-order valence-electron chi connectivity index (χ1n) is 8.12. The monoisotopic (exact) mass is 370 g/mol. The van der Waals surface area contributed by atoms with E-state index in [0.29, 0.717) is 29.6 Å². The second-order valence-corrected chi connectivity index (χ2v) is 6.05. The SMILES string of the molecule is Cc1ccc(NC(=O)NCCNc2cc(-n3cccc3)ncn2)c(Cl)c1. The fourth-order valence-corrected chi connectivity index (χ4v) is 2.61. The highest BCUT2D eigenvalue weighted by atomic mass is 35.5. The Morgan fingerprint density at radius 3 is 2.73 bits per heavy atom. The lowest BCUT2D eigenvalue weighted by atomic mass is 10.2. The summed E-state index contributed by atoms with van der Waals surface area (Å²) in [4.78, 5) is 20.3. The van der Waals surface area contributed by atoms with Crippen LogP contribution >= 0.6 is 11.6 Å². The number of amides is 2. The molecule has 0 bridgehead atoms. The molecule has 0 aliphatic heterocycles. The van der Waals surface area contributed by atoms with Crippen LogP contribution in [-0.2, 0) is 0 Å². The number of hydrogen-bond acceptors (Lipinski definition) is 4. The molecule has 3 N–H and O–H groups in total. The largest absolute Gasteiger partial charge is 0.368 e. The average Bonchev–Trinajstić information content (AvgIpc) is 3.16. The molecule has 0 saturated heterocycles. The van der Waals surface area contributed by atoms with Gasteiger partial charge in [-0.25, -0.2) is 14.8 Å². The summed E-state index contributed by atoms with van der Waals surface area (Å²) in [6.07, 6.45) is 5.32. The van der Waals surface area contributed by atoms with Crippen molar-refractivity contribution < 1.29 is 4.79 Å². The molecule has 0 aliphatic rings. The molecule has 0 unspecified atom stereocenters. The van der Waals surface area contributed by atoms with E-state index in [1.54, 1.807) is 12.1 Å². The van der Waals surface area contributed by atoms with E-state index in [1.807, 2.05) is 48.1 Å². The molecule has 0 atom stereocenters. The van der Waals surface area contributed by atoms with Gasteiger partial charge in [-0.05, 0) is 36.8 Å². The Balaban J connectivity index is 1.45. The Bertz CT molecular complexity index is 881. The van der Waals surface area contributed by atoms with Crippen molar-refractivity contribution in [1.82, 2.24) is 19.9 Å². The van der Waals surface area contributed by atoms with Crippen LogP contribution < -0.4 is 16.0 Å². The van der Waals surface area contributed by atoms with Crippen LogP contribution in [0.5, 0.6) is 0 Å². The van der Waals surface area contributed by atoms with Gasteiger partial charge in [-0.1, -0.05) is 17.7 Å². The maximum absolute atomic E-state index is 11.9. The lowest BCUT2D eigenvalue weighted by Crippen LogP contribution is -2.32. The quantitative estimate of drug-likeness (QED) is 0.580. The number of carbonyl (C=O) groups excluding carboxylic acids is 1. The van der Waals surface area contributed by atoms with Gasteiger partial charge in [-0.3, -0.25) is 0 Å². The molecule has 1 aromatic carbocycles. The molecule has 0 aliphatic carbocycles. The van der Waals surface area contributed by atoms with Crippen LogP contribution in [0.3, 0.4) is 0 Å². The van der Waals surface area contributed by atoms with Gasteiger partial charge in [-0.2, -0.15) is 0 Å². The van der Waals surface area contributed by atoms with E-state index >= 15 is 0 Å². The van der Waals surface area contributed by atoms with Crippen molar-refractivity contribution in [3.8, 4) is 5.82 Å². The van der Waals surface area contributed by atoms with Crippen LogP contribution in [0, 0.1) is 6.92 Å². The first kappa shape index (κ1) is 17.8. The number of aryl methyl sites for hydroxylation is 1. The zero-order chi connectivity index (χ0) is 18.4. The van der Waals surface area contributed by atoms with Crippen molar-refractivity contribution in [1.29, 1.82) is 0 Å². The minimum atomic E-state index is -0.312. The van der Waals surface area contributed by atoms with Crippen LogP contribution in [0.4, 0.5) is 16.3 Å². The number of aromatic nitrogens is 3. The third-order valence-corrected chi connectivity index (χ3v) is 3.92. The van der Waals surface area contributed by atoms with Gasteiger partial charge in [0, 0.05) is 31.5 Å². The Hall–Kier alpha value is -3.06. The maximum atomic E-state index is 11.9. The van der Waals surface area contributed by atoms with Crippen LogP contribution in [0.25, 0.3) is 5.82 Å². The summed E-state index contributed by atoms with van der Waals surface area (Å²) in [5.41, 5.74) is 1.61. The normalized spacial score (nSPS) is 10.4. The van der Waals surface area contributed by atoms with Crippen LogP contribution in [0.15, 0.2) is 55.1 Å². The lowest BCUT2D eigenvalue weighted by molar-refractivity contribution is 0.252. The molecule has 2 aromatic heterocycles. The number of carbonyl (C=O) groups is 1. The van der Waals surface area contributed by atoms with Crippen molar-refractivity contribution in [2.24, 2.45) is 0 Å². The molecule has 7 nitrogen and oxygen atoms in total. The van der Waals surface area contributed by atoms with Crippen LogP contribution in [-0.4, -0.2) is 33.7 Å². The molecular weight excluding hydrogens is 352 g/mol.